The van der Waals surface area contributed by atoms with E-state index in [1.165, 1.54) is 13.2 Å². The van der Waals surface area contributed by atoms with E-state index in [9.17, 15) is 13.2 Å². The van der Waals surface area contributed by atoms with Gasteiger partial charge in [0.1, 0.15) is 9.77 Å². The van der Waals surface area contributed by atoms with Crippen LogP contribution in [-0.4, -0.2) is 39.8 Å². The molecule has 1 atom stereocenters. The summed E-state index contributed by atoms with van der Waals surface area (Å²) >= 11 is 4.16. The molecule has 1 unspecified atom stereocenters. The van der Waals surface area contributed by atoms with E-state index in [1.807, 2.05) is 6.92 Å². The van der Waals surface area contributed by atoms with E-state index in [4.69, 9.17) is 5.11 Å². The quantitative estimate of drug-likeness (QED) is 0.514. The van der Waals surface area contributed by atoms with Crippen LogP contribution in [0, 0.1) is 5.92 Å². The van der Waals surface area contributed by atoms with Gasteiger partial charge in [0.15, 0.2) is 0 Å². The summed E-state index contributed by atoms with van der Waals surface area (Å²) in [5.41, 5.74) is 0. The van der Waals surface area contributed by atoms with Crippen molar-refractivity contribution in [2.24, 2.45) is 5.92 Å². The summed E-state index contributed by atoms with van der Waals surface area (Å²) in [7, 11) is -2.43. The van der Waals surface area contributed by atoms with Crippen molar-refractivity contribution in [2.45, 2.75) is 24.7 Å². The maximum atomic E-state index is 12.2. The number of aliphatic hydroxyl groups is 1. The van der Waals surface area contributed by atoms with Crippen LogP contribution in [0.5, 0.6) is 0 Å². The molecule has 9 heteroatoms. The lowest BCUT2D eigenvalue weighted by molar-refractivity contribution is 0.0606. The number of aliphatic hydroxyl groups excluding tert-OH is 1. The van der Waals surface area contributed by atoms with Gasteiger partial charge in [-0.15, -0.1) is 11.3 Å². The minimum atomic E-state index is -3.67. The number of ether oxygens (including phenoxy) is 1. The summed E-state index contributed by atoms with van der Waals surface area (Å²) in [4.78, 5) is 11.7. The fourth-order valence-corrected chi connectivity index (χ4v) is 5.12. The predicted octanol–water partition coefficient (Wildman–Crippen LogP) is 1.98. The topological polar surface area (TPSA) is 92.7 Å². The highest BCUT2D eigenvalue weighted by Gasteiger charge is 2.23. The van der Waals surface area contributed by atoms with E-state index < -0.39 is 16.0 Å². The Bertz CT molecular complexity index is 584. The van der Waals surface area contributed by atoms with Crippen LogP contribution in [0.3, 0.4) is 0 Å². The zero-order chi connectivity index (χ0) is 16.0. The number of carbonyl (C=O) groups is 1. The van der Waals surface area contributed by atoms with Gasteiger partial charge in [-0.2, -0.15) is 0 Å². The highest BCUT2D eigenvalue weighted by Crippen LogP contribution is 2.32. The molecule has 0 saturated carbocycles. The molecule has 0 aliphatic carbocycles. The van der Waals surface area contributed by atoms with Gasteiger partial charge in [0.05, 0.1) is 10.9 Å². The first-order valence-corrected chi connectivity index (χ1v) is 9.39. The normalized spacial score (nSPS) is 13.1. The molecule has 2 N–H and O–H groups in total. The van der Waals surface area contributed by atoms with Gasteiger partial charge >= 0.3 is 5.97 Å². The lowest BCUT2D eigenvalue weighted by atomic mass is 10.1. The minimum Gasteiger partial charge on any atom is -0.465 e. The fraction of sp³-hybridized carbons (Fsp3) is 0.583. The third-order valence-electron chi connectivity index (χ3n) is 2.81. The van der Waals surface area contributed by atoms with Gasteiger partial charge in [-0.25, -0.2) is 17.9 Å². The number of hydrogen-bond donors (Lipinski definition) is 2. The summed E-state index contributed by atoms with van der Waals surface area (Å²) in [5.74, 6) is -0.424. The summed E-state index contributed by atoms with van der Waals surface area (Å²) in [6, 6.07) is 1.29. The van der Waals surface area contributed by atoms with Gasteiger partial charge in [0.2, 0.25) is 10.0 Å². The molecule has 0 aromatic carbocycles. The Hall–Kier alpha value is -0.480. The minimum absolute atomic E-state index is 0.0307. The van der Waals surface area contributed by atoms with E-state index in [-0.39, 0.29) is 28.8 Å². The molecule has 1 rings (SSSR count). The molecule has 0 saturated heterocycles. The monoisotopic (exact) mass is 399 g/mol. The van der Waals surface area contributed by atoms with Crippen LogP contribution < -0.4 is 4.72 Å². The van der Waals surface area contributed by atoms with Crippen molar-refractivity contribution >= 4 is 43.3 Å². The summed E-state index contributed by atoms with van der Waals surface area (Å²) in [6.07, 6.45) is 1.36. The lowest BCUT2D eigenvalue weighted by Crippen LogP contribution is -2.25. The molecule has 0 amide bonds. The summed E-state index contributed by atoms with van der Waals surface area (Å²) < 4.78 is 31.7. The number of rotatable bonds is 8. The van der Waals surface area contributed by atoms with Crippen molar-refractivity contribution in [3.8, 4) is 0 Å². The molecular weight excluding hydrogens is 382 g/mol. The van der Waals surface area contributed by atoms with E-state index in [1.54, 1.807) is 0 Å². The van der Waals surface area contributed by atoms with Gasteiger partial charge in [0, 0.05) is 13.2 Å². The van der Waals surface area contributed by atoms with Crippen LogP contribution in [0.2, 0.25) is 0 Å². The van der Waals surface area contributed by atoms with Crippen LogP contribution in [-0.2, 0) is 14.8 Å². The molecule has 1 aromatic heterocycles. The average molecular weight is 400 g/mol. The Morgan fingerprint density at radius 2 is 2.24 bits per heavy atom. The van der Waals surface area contributed by atoms with Gasteiger partial charge in [-0.1, -0.05) is 6.92 Å². The Labute approximate surface area is 136 Å². The van der Waals surface area contributed by atoms with Gasteiger partial charge in [0.25, 0.3) is 0 Å². The van der Waals surface area contributed by atoms with Crippen molar-refractivity contribution in [1.29, 1.82) is 0 Å². The van der Waals surface area contributed by atoms with Crippen LogP contribution in [0.1, 0.15) is 29.4 Å². The Morgan fingerprint density at radius 1 is 1.57 bits per heavy atom. The maximum Gasteiger partial charge on any atom is 0.348 e. The van der Waals surface area contributed by atoms with E-state index in [0.29, 0.717) is 10.2 Å². The maximum absolute atomic E-state index is 12.2. The van der Waals surface area contributed by atoms with Crippen molar-refractivity contribution in [3.05, 3.63) is 14.7 Å². The number of methoxy groups -OCH3 is 1. The largest absolute Gasteiger partial charge is 0.465 e. The highest BCUT2D eigenvalue weighted by atomic mass is 79.9. The number of nitrogens with one attached hydrogen (secondary N) is 1. The zero-order valence-corrected chi connectivity index (χ0v) is 15.0. The molecular formula is C12H18BrNO5S2. The summed E-state index contributed by atoms with van der Waals surface area (Å²) in [6.45, 7) is 2.26. The zero-order valence-electron chi connectivity index (χ0n) is 11.8. The highest BCUT2D eigenvalue weighted by molar-refractivity contribution is 9.11. The Kier molecular flexibility index (Phi) is 7.28. The standard InChI is InChI=1S/C12H18BrNO5S2/c1-8(7-15)4-3-5-14-21(17,18)10-6-9(12(16)19-2)20-11(10)13/h6,8,14-15H,3-5,7H2,1-2H3. The third-order valence-corrected chi connectivity index (χ3v) is 6.50. The SMILES string of the molecule is COC(=O)c1cc(S(=O)(=O)NCCCC(C)CO)c(Br)s1. The van der Waals surface area contributed by atoms with E-state index in [0.717, 1.165) is 17.8 Å². The van der Waals surface area contributed by atoms with Crippen LogP contribution in [0.25, 0.3) is 0 Å². The molecule has 120 valence electrons. The van der Waals surface area contributed by atoms with Crippen LogP contribution >= 0.6 is 27.3 Å². The van der Waals surface area contributed by atoms with Crippen LogP contribution in [0.4, 0.5) is 0 Å². The van der Waals surface area contributed by atoms with Crippen molar-refractivity contribution in [3.63, 3.8) is 0 Å². The molecule has 0 radical (unpaired) electrons. The second-order valence-corrected chi connectivity index (χ2v) is 8.67. The predicted molar refractivity (Wildman–Crippen MR) is 84.0 cm³/mol. The van der Waals surface area contributed by atoms with E-state index >= 15 is 0 Å². The van der Waals surface area contributed by atoms with Crippen molar-refractivity contribution < 1.29 is 23.1 Å². The fourth-order valence-electron chi connectivity index (χ4n) is 1.56. The molecule has 0 bridgehead atoms. The molecule has 0 fully saturated rings. The third kappa shape index (κ3) is 5.33. The van der Waals surface area contributed by atoms with E-state index in [2.05, 4.69) is 25.4 Å². The molecule has 1 heterocycles. The lowest BCUT2D eigenvalue weighted by Gasteiger charge is -2.08. The van der Waals surface area contributed by atoms with Gasteiger partial charge < -0.3 is 9.84 Å². The molecule has 0 aliphatic heterocycles. The Morgan fingerprint density at radius 3 is 2.81 bits per heavy atom. The first kappa shape index (κ1) is 18.6. The number of sulfonamides is 1. The van der Waals surface area contributed by atoms with Crippen molar-refractivity contribution in [2.75, 3.05) is 20.3 Å². The second-order valence-electron chi connectivity index (χ2n) is 4.57. The number of hydrogen-bond acceptors (Lipinski definition) is 6. The second kappa shape index (κ2) is 8.23. The number of carbonyl (C=O) groups excluding carboxylic acids is 1. The van der Waals surface area contributed by atoms with Crippen molar-refractivity contribution in [1.82, 2.24) is 4.72 Å². The molecule has 0 spiro atoms. The molecule has 0 aliphatic rings. The Balaban J connectivity index is 2.70. The average Bonchev–Trinajstić information content (AvgIpc) is 2.85. The smallest absolute Gasteiger partial charge is 0.348 e. The first-order valence-electron chi connectivity index (χ1n) is 6.30. The first-order chi connectivity index (χ1) is 9.81. The number of esters is 1. The summed E-state index contributed by atoms with van der Waals surface area (Å²) in [5, 5.41) is 8.90. The molecule has 21 heavy (non-hydrogen) atoms. The van der Waals surface area contributed by atoms with Gasteiger partial charge in [-0.3, -0.25) is 0 Å². The van der Waals surface area contributed by atoms with Gasteiger partial charge in [-0.05, 0) is 40.8 Å². The number of halogens is 1. The molecule has 6 nitrogen and oxygen atoms in total. The van der Waals surface area contributed by atoms with Crippen LogP contribution in [0.15, 0.2) is 14.7 Å². The number of thiophene rings is 1. The molecule has 1 aromatic rings.